The van der Waals surface area contributed by atoms with Gasteiger partial charge < -0.3 is 0 Å². The highest BCUT2D eigenvalue weighted by atomic mass is 35.5. The van der Waals surface area contributed by atoms with Crippen LogP contribution in [0.5, 0.6) is 0 Å². The van der Waals surface area contributed by atoms with Crippen LogP contribution in [-0.4, -0.2) is 54.1 Å². The minimum absolute atomic E-state index is 0.0394. The van der Waals surface area contributed by atoms with Gasteiger partial charge in [0.1, 0.15) is 16.3 Å². The smallest absolute Gasteiger partial charge is 0.273 e. The number of ketones is 1. The number of carbonyl (C=O) groups is 4. The molecule has 0 spiro atoms. The first kappa shape index (κ1) is 29.3. The van der Waals surface area contributed by atoms with Crippen molar-refractivity contribution < 1.29 is 19.2 Å². The molecule has 204 valence electrons. The van der Waals surface area contributed by atoms with Gasteiger partial charge >= 0.3 is 0 Å². The number of alkyl halides is 4. The Bertz CT molecular complexity index is 1460. The summed E-state index contributed by atoms with van der Waals surface area (Å²) in [7, 11) is 0. The molecule has 14 heteroatoms. The standard InChI is InChI=1S/C25H14Cl8N2O4/c1-10-2-4-11(5-3-10)15(36)9-34(20(37)12-6-7-13(26)14(27)8-12)35-21(38)16-17(22(35)39)24(31)19(29)18(28)23(16,30)25(24,32)33/h2-8,16-17H,9H2,1H3/t16-,17-,23-,24-/m1/s1. The Kier molecular flexibility index (Phi) is 7.26. The van der Waals surface area contributed by atoms with E-state index in [0.29, 0.717) is 10.0 Å². The van der Waals surface area contributed by atoms with Crippen molar-refractivity contribution in [2.75, 3.05) is 6.54 Å². The summed E-state index contributed by atoms with van der Waals surface area (Å²) in [6.07, 6.45) is 0. The number of aryl methyl sites for hydroxylation is 1. The highest BCUT2D eigenvalue weighted by Gasteiger charge is 2.88. The zero-order valence-corrected chi connectivity index (χ0v) is 25.5. The summed E-state index contributed by atoms with van der Waals surface area (Å²) in [5.74, 6) is -6.42. The number of rotatable bonds is 5. The molecular weight excluding hydrogens is 676 g/mol. The second-order valence-electron chi connectivity index (χ2n) is 9.35. The Labute approximate surface area is 262 Å². The molecule has 3 amide bonds. The van der Waals surface area contributed by atoms with Gasteiger partial charge in [-0.05, 0) is 25.1 Å². The maximum atomic E-state index is 13.9. The van der Waals surface area contributed by atoms with Crippen LogP contribution in [0.1, 0.15) is 26.3 Å². The van der Waals surface area contributed by atoms with Crippen molar-refractivity contribution >= 4 is 116 Å². The molecule has 2 aromatic carbocycles. The molecule has 2 aliphatic carbocycles. The van der Waals surface area contributed by atoms with Gasteiger partial charge in [0.2, 0.25) is 0 Å². The molecule has 2 aromatic rings. The van der Waals surface area contributed by atoms with E-state index in [1.807, 2.05) is 6.92 Å². The molecule has 0 N–H and O–H groups in total. The Morgan fingerprint density at radius 1 is 0.795 bits per heavy atom. The topological polar surface area (TPSA) is 74.8 Å². The molecular formula is C25H14Cl8N2O4. The largest absolute Gasteiger partial charge is 0.292 e. The lowest BCUT2D eigenvalue weighted by molar-refractivity contribution is -0.154. The quantitative estimate of drug-likeness (QED) is 0.193. The molecule has 0 aromatic heterocycles. The maximum absolute atomic E-state index is 13.9. The van der Waals surface area contributed by atoms with Gasteiger partial charge in [-0.3, -0.25) is 19.2 Å². The Hall–Kier alpha value is -1.22. The normalized spacial score (nSPS) is 28.8. The SMILES string of the molecule is Cc1ccc(C(=O)CN(C(=O)c2ccc(Cl)c(Cl)c2)N2C(=O)[C@H]3[C@H](C2=O)[C@@]2(Cl)C(Cl)=C(Cl)[C@@]3(Cl)C2(Cl)Cl)cc1. The van der Waals surface area contributed by atoms with Crippen LogP contribution < -0.4 is 0 Å². The highest BCUT2D eigenvalue weighted by Crippen LogP contribution is 2.77. The van der Waals surface area contributed by atoms with E-state index in [1.165, 1.54) is 18.2 Å². The monoisotopic (exact) mass is 686 g/mol. The molecule has 2 fully saturated rings. The molecule has 3 aliphatic rings. The number of Topliss-reactive ketones (excluding diaryl/α,β-unsaturated/α-hetero) is 1. The summed E-state index contributed by atoms with van der Waals surface area (Å²) < 4.78 is -2.15. The first-order chi connectivity index (χ1) is 18.1. The molecule has 1 heterocycles. The predicted molar refractivity (Wildman–Crippen MR) is 152 cm³/mol. The van der Waals surface area contributed by atoms with Crippen LogP contribution in [0.4, 0.5) is 0 Å². The molecule has 1 saturated heterocycles. The highest BCUT2D eigenvalue weighted by molar-refractivity contribution is 6.66. The fourth-order valence-corrected chi connectivity index (χ4v) is 8.42. The Balaban J connectivity index is 1.60. The first-order valence-corrected chi connectivity index (χ1v) is 14.2. The van der Waals surface area contributed by atoms with Crippen molar-refractivity contribution in [2.45, 2.75) is 21.0 Å². The molecule has 1 aliphatic heterocycles. The number of halogens is 8. The number of hydrazine groups is 1. The number of hydrogen-bond donors (Lipinski definition) is 0. The van der Waals surface area contributed by atoms with Gasteiger partial charge in [0.25, 0.3) is 17.7 Å². The third-order valence-electron chi connectivity index (χ3n) is 7.19. The molecule has 1 saturated carbocycles. The average Bonchev–Trinajstić information content (AvgIpc) is 3.27. The van der Waals surface area contributed by atoms with E-state index in [2.05, 4.69) is 0 Å². The lowest BCUT2D eigenvalue weighted by atomic mass is 9.84. The maximum Gasteiger partial charge on any atom is 0.273 e. The van der Waals surface area contributed by atoms with Crippen LogP contribution in [0.25, 0.3) is 0 Å². The van der Waals surface area contributed by atoms with Gasteiger partial charge in [-0.15, -0.1) is 23.2 Å². The van der Waals surface area contributed by atoms with Crippen LogP contribution in [0.3, 0.4) is 0 Å². The fraction of sp³-hybridized carbons (Fsp3) is 0.280. The van der Waals surface area contributed by atoms with Crippen molar-refractivity contribution in [3.63, 3.8) is 0 Å². The number of amides is 3. The second-order valence-corrected chi connectivity index (χ2v) is 13.4. The minimum atomic E-state index is -2.15. The van der Waals surface area contributed by atoms with Crippen molar-refractivity contribution in [1.82, 2.24) is 10.0 Å². The molecule has 4 atom stereocenters. The molecule has 39 heavy (non-hydrogen) atoms. The third-order valence-corrected chi connectivity index (χ3v) is 12.2. The summed E-state index contributed by atoms with van der Waals surface area (Å²) in [6, 6.07) is 10.5. The van der Waals surface area contributed by atoms with E-state index in [0.717, 1.165) is 5.56 Å². The lowest BCUT2D eigenvalue weighted by Gasteiger charge is -2.36. The zero-order valence-electron chi connectivity index (χ0n) is 19.5. The van der Waals surface area contributed by atoms with Gasteiger partial charge in [-0.2, -0.15) is 5.01 Å². The van der Waals surface area contributed by atoms with Gasteiger partial charge in [0.05, 0.1) is 31.9 Å². The number of allylic oxidation sites excluding steroid dienone is 2. The van der Waals surface area contributed by atoms with E-state index >= 15 is 0 Å². The van der Waals surface area contributed by atoms with Crippen LogP contribution in [0, 0.1) is 18.8 Å². The number of hydrogen-bond acceptors (Lipinski definition) is 4. The number of carbonyl (C=O) groups excluding carboxylic acids is 4. The van der Waals surface area contributed by atoms with Crippen molar-refractivity contribution in [3.05, 3.63) is 79.3 Å². The summed E-state index contributed by atoms with van der Waals surface area (Å²) in [5, 5.41) is 0.873. The number of nitrogens with zero attached hydrogens (tertiary/aromatic N) is 2. The number of imide groups is 1. The Morgan fingerprint density at radius 3 is 1.77 bits per heavy atom. The molecule has 5 rings (SSSR count). The van der Waals surface area contributed by atoms with E-state index in [9.17, 15) is 19.2 Å². The second kappa shape index (κ2) is 9.67. The molecule has 0 radical (unpaired) electrons. The van der Waals surface area contributed by atoms with Gasteiger partial charge in [0.15, 0.2) is 10.1 Å². The summed E-state index contributed by atoms with van der Waals surface area (Å²) in [6.45, 7) is 1.14. The van der Waals surface area contributed by atoms with Crippen LogP contribution >= 0.6 is 92.8 Å². The van der Waals surface area contributed by atoms with Crippen LogP contribution in [0.2, 0.25) is 10.0 Å². The summed E-state index contributed by atoms with van der Waals surface area (Å²) in [5.41, 5.74) is 1.08. The fourth-order valence-electron chi connectivity index (χ4n) is 5.20. The number of benzene rings is 2. The molecule has 6 nitrogen and oxygen atoms in total. The van der Waals surface area contributed by atoms with Crippen molar-refractivity contribution in [3.8, 4) is 0 Å². The van der Waals surface area contributed by atoms with Gasteiger partial charge in [-0.1, -0.05) is 99.4 Å². The van der Waals surface area contributed by atoms with E-state index in [4.69, 9.17) is 92.8 Å². The van der Waals surface area contributed by atoms with Gasteiger partial charge in [-0.25, -0.2) is 5.01 Å². The van der Waals surface area contributed by atoms with Crippen LogP contribution in [0.15, 0.2) is 52.5 Å². The summed E-state index contributed by atoms with van der Waals surface area (Å²) >= 11 is 51.5. The first-order valence-electron chi connectivity index (χ1n) is 11.2. The number of fused-ring (bicyclic) bond motifs is 5. The van der Waals surface area contributed by atoms with E-state index in [1.54, 1.807) is 24.3 Å². The average molecular weight is 690 g/mol. The predicted octanol–water partition coefficient (Wildman–Crippen LogP) is 6.99. The Morgan fingerprint density at radius 2 is 1.28 bits per heavy atom. The van der Waals surface area contributed by atoms with E-state index < -0.39 is 56.0 Å². The molecule has 2 bridgehead atoms. The van der Waals surface area contributed by atoms with E-state index in [-0.39, 0.29) is 31.2 Å². The zero-order chi connectivity index (χ0) is 28.8. The van der Waals surface area contributed by atoms with Crippen LogP contribution in [-0.2, 0) is 9.59 Å². The van der Waals surface area contributed by atoms with Gasteiger partial charge in [0, 0.05) is 11.1 Å². The minimum Gasteiger partial charge on any atom is -0.292 e. The van der Waals surface area contributed by atoms with Crippen molar-refractivity contribution in [2.24, 2.45) is 11.8 Å². The summed E-state index contributed by atoms with van der Waals surface area (Å²) in [4.78, 5) is 50.7. The van der Waals surface area contributed by atoms with Crippen molar-refractivity contribution in [1.29, 1.82) is 0 Å². The lowest BCUT2D eigenvalue weighted by Crippen LogP contribution is -2.56. The third kappa shape index (κ3) is 3.83. The molecule has 0 unspecified atom stereocenters.